The van der Waals surface area contributed by atoms with E-state index in [1.165, 1.54) is 16.7 Å². The Balaban J connectivity index is 1.27. The monoisotopic (exact) mass is 621 g/mol. The lowest BCUT2D eigenvalue weighted by molar-refractivity contribution is -0.137. The molecule has 4 N–H and O–H groups in total. The van der Waals surface area contributed by atoms with Crippen molar-refractivity contribution in [3.05, 3.63) is 65.0 Å². The van der Waals surface area contributed by atoms with Crippen LogP contribution < -0.4 is 16.4 Å². The molecule has 43 heavy (non-hydrogen) atoms. The zero-order valence-electron chi connectivity index (χ0n) is 24.3. The number of nitrogens with one attached hydrogen (secondary N) is 2. The first-order chi connectivity index (χ1) is 20.5. The molecule has 0 spiro atoms. The molecule has 2 aromatic rings. The highest BCUT2D eigenvalue weighted by molar-refractivity contribution is 8.00. The number of thioether (sulfide) groups is 1. The standard InChI is InChI=1S/C30H38F3N5O4S/c1-18(2)27(29(41)37-7-10-42-11-8-37)36-22-5-3-19(4-6-22)17-35-28(40)30-38(9-12-43-30)26(39)15-21(34)13-20-14-24(32)25(33)16-23(20)31/h3-6,14,16,18,21,27,30,36H,7-13,15,17,34H2,1-2H3,(H,35,40). The average Bonchev–Trinajstić information content (AvgIpc) is 3.48. The number of amides is 3. The minimum atomic E-state index is -1.29. The molecule has 0 bridgehead atoms. The Morgan fingerprint density at radius 3 is 2.37 bits per heavy atom. The molecule has 0 aliphatic carbocycles. The van der Waals surface area contributed by atoms with Gasteiger partial charge in [-0.15, -0.1) is 11.8 Å². The lowest BCUT2D eigenvalue weighted by Crippen LogP contribution is -2.49. The van der Waals surface area contributed by atoms with Crippen LogP contribution >= 0.6 is 11.8 Å². The largest absolute Gasteiger partial charge is 0.378 e. The highest BCUT2D eigenvalue weighted by atomic mass is 32.2. The van der Waals surface area contributed by atoms with E-state index < -0.39 is 28.9 Å². The van der Waals surface area contributed by atoms with Gasteiger partial charge < -0.3 is 30.9 Å². The van der Waals surface area contributed by atoms with Crippen LogP contribution in [0.1, 0.15) is 31.4 Å². The van der Waals surface area contributed by atoms with Crippen molar-refractivity contribution in [3.8, 4) is 0 Å². The van der Waals surface area contributed by atoms with Crippen molar-refractivity contribution in [2.24, 2.45) is 11.7 Å². The number of carbonyl (C=O) groups is 3. The van der Waals surface area contributed by atoms with Gasteiger partial charge in [-0.2, -0.15) is 0 Å². The molecular formula is C30H38F3N5O4S. The molecule has 2 aliphatic heterocycles. The minimum absolute atomic E-state index is 0.0419. The molecule has 2 saturated heterocycles. The van der Waals surface area contributed by atoms with Crippen LogP contribution in [0.5, 0.6) is 0 Å². The molecule has 234 valence electrons. The van der Waals surface area contributed by atoms with E-state index in [2.05, 4.69) is 10.6 Å². The second-order valence-corrected chi connectivity index (χ2v) is 12.2. The van der Waals surface area contributed by atoms with Gasteiger partial charge in [0.15, 0.2) is 17.0 Å². The maximum absolute atomic E-state index is 14.0. The van der Waals surface area contributed by atoms with Gasteiger partial charge in [-0.3, -0.25) is 14.4 Å². The molecule has 0 radical (unpaired) electrons. The number of rotatable bonds is 11. The predicted molar refractivity (Wildman–Crippen MR) is 159 cm³/mol. The van der Waals surface area contributed by atoms with Gasteiger partial charge in [0.1, 0.15) is 11.9 Å². The quantitative estimate of drug-likeness (QED) is 0.331. The van der Waals surface area contributed by atoms with Gasteiger partial charge in [0, 0.05) is 56.1 Å². The number of nitrogens with zero attached hydrogens (tertiary/aromatic N) is 2. The van der Waals surface area contributed by atoms with E-state index in [0.29, 0.717) is 44.7 Å². The van der Waals surface area contributed by atoms with Gasteiger partial charge in [0.05, 0.1) is 13.2 Å². The Bertz CT molecular complexity index is 1290. The zero-order chi connectivity index (χ0) is 31.1. The number of morpholine rings is 1. The normalized spacial score (nSPS) is 18.4. The molecule has 3 atom stereocenters. The summed E-state index contributed by atoms with van der Waals surface area (Å²) in [5.41, 5.74) is 7.55. The summed E-state index contributed by atoms with van der Waals surface area (Å²) in [6.07, 6.45) is -0.334. The van der Waals surface area contributed by atoms with Crippen molar-refractivity contribution < 1.29 is 32.3 Å². The predicted octanol–water partition coefficient (Wildman–Crippen LogP) is 2.88. The summed E-state index contributed by atoms with van der Waals surface area (Å²) >= 11 is 1.33. The number of anilines is 1. The third-order valence-corrected chi connectivity index (χ3v) is 8.64. The molecular weight excluding hydrogens is 583 g/mol. The van der Waals surface area contributed by atoms with E-state index in [4.69, 9.17) is 10.5 Å². The molecule has 0 saturated carbocycles. The second-order valence-electron chi connectivity index (χ2n) is 11.1. The number of halogens is 3. The van der Waals surface area contributed by atoms with E-state index in [1.54, 1.807) is 0 Å². The molecule has 2 fully saturated rings. The molecule has 2 aromatic carbocycles. The van der Waals surface area contributed by atoms with Gasteiger partial charge >= 0.3 is 0 Å². The molecule has 9 nitrogen and oxygen atoms in total. The Morgan fingerprint density at radius 1 is 1.02 bits per heavy atom. The summed E-state index contributed by atoms with van der Waals surface area (Å²) in [4.78, 5) is 42.2. The van der Waals surface area contributed by atoms with E-state index in [1.807, 2.05) is 43.0 Å². The van der Waals surface area contributed by atoms with Gasteiger partial charge in [0.2, 0.25) is 11.8 Å². The fourth-order valence-electron chi connectivity index (χ4n) is 5.03. The summed E-state index contributed by atoms with van der Waals surface area (Å²) in [5.74, 6) is -3.43. The number of nitrogens with two attached hydrogens (primary N) is 1. The van der Waals surface area contributed by atoms with Gasteiger partial charge in [0.25, 0.3) is 5.91 Å². The van der Waals surface area contributed by atoms with Crippen molar-refractivity contribution in [1.29, 1.82) is 0 Å². The molecule has 2 heterocycles. The number of hydrogen-bond acceptors (Lipinski definition) is 7. The Morgan fingerprint density at radius 2 is 1.70 bits per heavy atom. The maximum atomic E-state index is 14.0. The van der Waals surface area contributed by atoms with E-state index in [-0.39, 0.29) is 54.6 Å². The van der Waals surface area contributed by atoms with Crippen molar-refractivity contribution >= 4 is 35.2 Å². The van der Waals surface area contributed by atoms with Crippen molar-refractivity contribution in [3.63, 3.8) is 0 Å². The fourth-order valence-corrected chi connectivity index (χ4v) is 6.19. The van der Waals surface area contributed by atoms with Gasteiger partial charge in [-0.05, 0) is 41.7 Å². The van der Waals surface area contributed by atoms with Crippen LogP contribution in [0.25, 0.3) is 0 Å². The first-order valence-corrected chi connectivity index (χ1v) is 15.4. The number of hydrogen-bond donors (Lipinski definition) is 3. The van der Waals surface area contributed by atoms with Crippen LogP contribution in [-0.2, 0) is 32.1 Å². The van der Waals surface area contributed by atoms with Crippen LogP contribution in [0.3, 0.4) is 0 Å². The first-order valence-electron chi connectivity index (χ1n) is 14.3. The highest BCUT2D eigenvalue weighted by Crippen LogP contribution is 2.26. The third kappa shape index (κ3) is 8.64. The summed E-state index contributed by atoms with van der Waals surface area (Å²) in [5, 5.41) is 5.47. The smallest absolute Gasteiger partial charge is 0.253 e. The van der Waals surface area contributed by atoms with Crippen LogP contribution in [-0.4, -0.2) is 83.6 Å². The van der Waals surface area contributed by atoms with Gasteiger partial charge in [-0.1, -0.05) is 26.0 Å². The number of carbonyl (C=O) groups excluding carboxylic acids is 3. The lowest BCUT2D eigenvalue weighted by atomic mass is 10.0. The van der Waals surface area contributed by atoms with Crippen molar-refractivity contribution in [2.45, 2.75) is 50.7 Å². The zero-order valence-corrected chi connectivity index (χ0v) is 25.1. The summed E-state index contributed by atoms with van der Waals surface area (Å²) < 4.78 is 46.1. The fraction of sp³-hybridized carbons (Fsp3) is 0.500. The molecule has 4 rings (SSSR count). The molecule has 13 heteroatoms. The van der Waals surface area contributed by atoms with Crippen molar-refractivity contribution in [2.75, 3.05) is 43.9 Å². The van der Waals surface area contributed by atoms with E-state index >= 15 is 0 Å². The van der Waals surface area contributed by atoms with Crippen LogP contribution in [0.2, 0.25) is 0 Å². The Labute approximate surface area is 253 Å². The summed E-state index contributed by atoms with van der Waals surface area (Å²) in [6, 6.07) is 7.43. The van der Waals surface area contributed by atoms with Gasteiger partial charge in [-0.25, -0.2) is 13.2 Å². The van der Waals surface area contributed by atoms with E-state index in [0.717, 1.165) is 17.3 Å². The molecule has 2 aliphatic rings. The lowest BCUT2D eigenvalue weighted by Gasteiger charge is -2.32. The SMILES string of the molecule is CC(C)C(Nc1ccc(CNC(=O)C2SCCN2C(=O)CC(N)Cc2cc(F)c(F)cc2F)cc1)C(=O)N1CCOCC1. The molecule has 3 unspecified atom stereocenters. The maximum Gasteiger partial charge on any atom is 0.253 e. The Kier molecular flexibility index (Phi) is 11.3. The topological polar surface area (TPSA) is 117 Å². The van der Waals surface area contributed by atoms with Crippen LogP contribution in [0.4, 0.5) is 18.9 Å². The van der Waals surface area contributed by atoms with Crippen molar-refractivity contribution in [1.82, 2.24) is 15.1 Å². The first kappa shape index (κ1) is 32.6. The third-order valence-electron chi connectivity index (χ3n) is 7.44. The average molecular weight is 622 g/mol. The summed E-state index contributed by atoms with van der Waals surface area (Å²) in [6.45, 7) is 6.82. The summed E-state index contributed by atoms with van der Waals surface area (Å²) in [7, 11) is 0. The molecule has 0 aromatic heterocycles. The number of benzene rings is 2. The minimum Gasteiger partial charge on any atom is -0.378 e. The van der Waals surface area contributed by atoms with Crippen LogP contribution in [0.15, 0.2) is 36.4 Å². The number of ether oxygens (including phenoxy) is 1. The highest BCUT2D eigenvalue weighted by Gasteiger charge is 2.35. The molecule has 3 amide bonds. The van der Waals surface area contributed by atoms with Crippen LogP contribution in [0, 0.1) is 23.4 Å². The second kappa shape index (κ2) is 14.9. The van der Waals surface area contributed by atoms with E-state index in [9.17, 15) is 27.6 Å². The Hall–Kier alpha value is -3.29.